The van der Waals surface area contributed by atoms with Gasteiger partial charge in [-0.05, 0) is 30.5 Å². The average molecular weight is 255 g/mol. The third kappa shape index (κ3) is 3.20. The molecular formula is C12H17NO3S. The number of rotatable bonds is 2. The maximum absolute atomic E-state index is 11.3. The van der Waals surface area contributed by atoms with Crippen LogP contribution in [0.1, 0.15) is 18.4 Å². The van der Waals surface area contributed by atoms with E-state index < -0.39 is 15.4 Å². The summed E-state index contributed by atoms with van der Waals surface area (Å²) < 4.78 is 22.6. The lowest BCUT2D eigenvalue weighted by molar-refractivity contribution is 0.0306. The molecule has 1 aromatic carbocycles. The molecule has 0 amide bonds. The van der Waals surface area contributed by atoms with Crippen LogP contribution in [0.3, 0.4) is 0 Å². The van der Waals surface area contributed by atoms with Crippen LogP contribution in [0.4, 0.5) is 5.69 Å². The second-order valence-electron chi connectivity index (χ2n) is 4.79. The van der Waals surface area contributed by atoms with Gasteiger partial charge in [-0.2, -0.15) is 0 Å². The first-order chi connectivity index (χ1) is 7.89. The zero-order valence-corrected chi connectivity index (χ0v) is 10.4. The van der Waals surface area contributed by atoms with Gasteiger partial charge >= 0.3 is 0 Å². The molecule has 0 spiro atoms. The van der Waals surface area contributed by atoms with E-state index in [-0.39, 0.29) is 11.5 Å². The van der Waals surface area contributed by atoms with Gasteiger partial charge in [0.15, 0.2) is 9.84 Å². The highest BCUT2D eigenvalue weighted by Gasteiger charge is 2.35. The maximum atomic E-state index is 11.3. The Labute approximate surface area is 101 Å². The van der Waals surface area contributed by atoms with Gasteiger partial charge in [-0.1, -0.05) is 12.1 Å². The minimum Gasteiger partial charge on any atom is -0.399 e. The summed E-state index contributed by atoms with van der Waals surface area (Å²) in [6, 6.07) is 7.32. The van der Waals surface area contributed by atoms with Crippen LogP contribution in [0.15, 0.2) is 24.3 Å². The Balaban J connectivity index is 2.06. The molecule has 0 unspecified atom stereocenters. The molecule has 0 aromatic heterocycles. The summed E-state index contributed by atoms with van der Waals surface area (Å²) >= 11 is 0. The van der Waals surface area contributed by atoms with Gasteiger partial charge in [0, 0.05) is 12.1 Å². The maximum Gasteiger partial charge on any atom is 0.150 e. The highest BCUT2D eigenvalue weighted by molar-refractivity contribution is 7.91. The molecule has 1 saturated heterocycles. The Morgan fingerprint density at radius 3 is 2.24 bits per heavy atom. The number of nitrogens with two attached hydrogens (primary N) is 1. The van der Waals surface area contributed by atoms with Gasteiger partial charge in [-0.3, -0.25) is 0 Å². The molecule has 94 valence electrons. The van der Waals surface area contributed by atoms with Crippen molar-refractivity contribution in [2.75, 3.05) is 17.2 Å². The number of benzene rings is 1. The monoisotopic (exact) mass is 255 g/mol. The quantitative estimate of drug-likeness (QED) is 0.764. The Morgan fingerprint density at radius 2 is 1.71 bits per heavy atom. The zero-order valence-electron chi connectivity index (χ0n) is 9.59. The van der Waals surface area contributed by atoms with E-state index >= 15 is 0 Å². The molecule has 0 saturated carbocycles. The second-order valence-corrected chi connectivity index (χ2v) is 7.10. The third-order valence-electron chi connectivity index (χ3n) is 3.27. The van der Waals surface area contributed by atoms with Gasteiger partial charge in [0.1, 0.15) is 0 Å². The van der Waals surface area contributed by atoms with Crippen molar-refractivity contribution < 1.29 is 13.5 Å². The zero-order chi connectivity index (χ0) is 12.5. The van der Waals surface area contributed by atoms with E-state index in [1.807, 2.05) is 12.1 Å². The molecule has 4 nitrogen and oxygen atoms in total. The van der Waals surface area contributed by atoms with E-state index in [1.165, 1.54) is 0 Å². The Morgan fingerprint density at radius 1 is 1.18 bits per heavy atom. The summed E-state index contributed by atoms with van der Waals surface area (Å²) in [5.41, 5.74) is 6.37. The Hall–Kier alpha value is -1.07. The average Bonchev–Trinajstić information content (AvgIpc) is 2.27. The standard InChI is InChI=1S/C12H17NO3S/c13-11-3-1-10(2-4-11)9-12(14)5-7-17(15,16)8-6-12/h1-4,14H,5-9,13H2. The normalized spacial score (nSPS) is 22.2. The van der Waals surface area contributed by atoms with Crippen molar-refractivity contribution in [1.82, 2.24) is 0 Å². The summed E-state index contributed by atoms with van der Waals surface area (Å²) in [6.45, 7) is 0. The van der Waals surface area contributed by atoms with E-state index in [0.29, 0.717) is 24.9 Å². The molecule has 3 N–H and O–H groups in total. The van der Waals surface area contributed by atoms with Crippen molar-refractivity contribution >= 4 is 15.5 Å². The highest BCUT2D eigenvalue weighted by atomic mass is 32.2. The predicted molar refractivity (Wildman–Crippen MR) is 67.4 cm³/mol. The van der Waals surface area contributed by atoms with Gasteiger partial charge in [0.2, 0.25) is 0 Å². The number of hydrogen-bond acceptors (Lipinski definition) is 4. The van der Waals surface area contributed by atoms with E-state index in [9.17, 15) is 13.5 Å². The topological polar surface area (TPSA) is 80.4 Å². The van der Waals surface area contributed by atoms with Crippen molar-refractivity contribution in [3.05, 3.63) is 29.8 Å². The second kappa shape index (κ2) is 4.31. The number of sulfone groups is 1. The van der Waals surface area contributed by atoms with Gasteiger partial charge in [-0.15, -0.1) is 0 Å². The van der Waals surface area contributed by atoms with Crippen LogP contribution in [0.2, 0.25) is 0 Å². The predicted octanol–water partition coefficient (Wildman–Crippen LogP) is 0.751. The number of nitrogen functional groups attached to an aromatic ring is 1. The lowest BCUT2D eigenvalue weighted by atomic mass is 9.89. The van der Waals surface area contributed by atoms with E-state index in [0.717, 1.165) is 5.56 Å². The first-order valence-electron chi connectivity index (χ1n) is 5.66. The van der Waals surface area contributed by atoms with Crippen LogP contribution in [-0.2, 0) is 16.3 Å². The van der Waals surface area contributed by atoms with Crippen LogP contribution in [0, 0.1) is 0 Å². The minimum absolute atomic E-state index is 0.0818. The summed E-state index contributed by atoms with van der Waals surface area (Å²) in [5, 5.41) is 10.3. The van der Waals surface area contributed by atoms with E-state index in [1.54, 1.807) is 12.1 Å². The smallest absolute Gasteiger partial charge is 0.150 e. The minimum atomic E-state index is -2.93. The largest absolute Gasteiger partial charge is 0.399 e. The van der Waals surface area contributed by atoms with Crippen molar-refractivity contribution in [2.45, 2.75) is 24.9 Å². The van der Waals surface area contributed by atoms with Gasteiger partial charge in [0.25, 0.3) is 0 Å². The molecule has 17 heavy (non-hydrogen) atoms. The fourth-order valence-electron chi connectivity index (χ4n) is 2.11. The van der Waals surface area contributed by atoms with Crippen LogP contribution >= 0.6 is 0 Å². The summed E-state index contributed by atoms with van der Waals surface area (Å²) in [7, 11) is -2.93. The van der Waals surface area contributed by atoms with Crippen molar-refractivity contribution in [3.8, 4) is 0 Å². The van der Waals surface area contributed by atoms with Crippen LogP contribution in [0.25, 0.3) is 0 Å². The molecule has 1 heterocycles. The third-order valence-corrected chi connectivity index (χ3v) is 4.92. The molecule has 2 rings (SSSR count). The summed E-state index contributed by atoms with van der Waals surface area (Å²) in [4.78, 5) is 0. The van der Waals surface area contributed by atoms with E-state index in [4.69, 9.17) is 5.73 Å². The number of anilines is 1. The molecule has 1 aliphatic heterocycles. The number of aliphatic hydroxyl groups is 1. The first-order valence-corrected chi connectivity index (χ1v) is 7.48. The summed E-state index contributed by atoms with van der Waals surface area (Å²) in [5.74, 6) is 0.164. The van der Waals surface area contributed by atoms with Crippen molar-refractivity contribution in [1.29, 1.82) is 0 Å². The fourth-order valence-corrected chi connectivity index (χ4v) is 3.70. The molecule has 0 atom stereocenters. The molecule has 1 aliphatic rings. The van der Waals surface area contributed by atoms with Gasteiger partial charge in [-0.25, -0.2) is 8.42 Å². The van der Waals surface area contributed by atoms with Gasteiger partial charge in [0.05, 0.1) is 17.1 Å². The van der Waals surface area contributed by atoms with Crippen LogP contribution in [-0.4, -0.2) is 30.6 Å². The lowest BCUT2D eigenvalue weighted by Gasteiger charge is -2.32. The molecule has 1 fully saturated rings. The van der Waals surface area contributed by atoms with Crippen molar-refractivity contribution in [3.63, 3.8) is 0 Å². The molecule has 0 radical (unpaired) electrons. The Kier molecular flexibility index (Phi) is 3.14. The molecular weight excluding hydrogens is 238 g/mol. The highest BCUT2D eigenvalue weighted by Crippen LogP contribution is 2.27. The number of hydrogen-bond donors (Lipinski definition) is 2. The Bertz CT molecular complexity index is 479. The molecule has 1 aromatic rings. The fraction of sp³-hybridized carbons (Fsp3) is 0.500. The van der Waals surface area contributed by atoms with Crippen LogP contribution < -0.4 is 5.73 Å². The van der Waals surface area contributed by atoms with E-state index in [2.05, 4.69) is 0 Å². The first kappa shape index (κ1) is 12.4. The molecule has 0 bridgehead atoms. The van der Waals surface area contributed by atoms with Gasteiger partial charge < -0.3 is 10.8 Å². The lowest BCUT2D eigenvalue weighted by Crippen LogP contribution is -2.40. The van der Waals surface area contributed by atoms with Crippen molar-refractivity contribution in [2.24, 2.45) is 0 Å². The SMILES string of the molecule is Nc1ccc(CC2(O)CCS(=O)(=O)CC2)cc1. The van der Waals surface area contributed by atoms with Crippen LogP contribution in [0.5, 0.6) is 0 Å². The summed E-state index contributed by atoms with van der Waals surface area (Å²) in [6.07, 6.45) is 1.13. The molecule has 0 aliphatic carbocycles. The molecule has 5 heteroatoms.